The van der Waals surface area contributed by atoms with Gasteiger partial charge in [0.1, 0.15) is 0 Å². The minimum absolute atomic E-state index is 0.0661. The van der Waals surface area contributed by atoms with Gasteiger partial charge in [-0.05, 0) is 49.3 Å². The zero-order chi connectivity index (χ0) is 19.5. The SMILES string of the molecule is CC(C)Cc1cn(C[C@H]2CCCN(C(=O)c3ccc4nccnc4c3)C2)nn1. The number of amides is 1. The molecule has 1 fully saturated rings. The molecule has 0 bridgehead atoms. The normalized spacial score (nSPS) is 17.4. The van der Waals surface area contributed by atoms with Gasteiger partial charge < -0.3 is 4.90 Å². The van der Waals surface area contributed by atoms with Crippen LogP contribution in [-0.4, -0.2) is 48.9 Å². The van der Waals surface area contributed by atoms with Crippen molar-refractivity contribution in [1.82, 2.24) is 29.9 Å². The Labute approximate surface area is 164 Å². The van der Waals surface area contributed by atoms with E-state index in [0.29, 0.717) is 17.4 Å². The number of carbonyl (C=O) groups is 1. The fraction of sp³-hybridized carbons (Fsp3) is 0.476. The smallest absolute Gasteiger partial charge is 0.253 e. The number of benzene rings is 1. The summed E-state index contributed by atoms with van der Waals surface area (Å²) >= 11 is 0. The van der Waals surface area contributed by atoms with Crippen molar-refractivity contribution >= 4 is 16.9 Å². The third kappa shape index (κ3) is 4.18. The molecule has 28 heavy (non-hydrogen) atoms. The zero-order valence-electron chi connectivity index (χ0n) is 16.5. The van der Waals surface area contributed by atoms with Crippen LogP contribution in [0.1, 0.15) is 42.7 Å². The summed E-state index contributed by atoms with van der Waals surface area (Å²) in [5.74, 6) is 1.03. The Kier molecular flexibility index (Phi) is 5.32. The minimum Gasteiger partial charge on any atom is -0.338 e. The molecule has 1 aliphatic rings. The van der Waals surface area contributed by atoms with Crippen molar-refractivity contribution in [3.05, 3.63) is 48.0 Å². The second-order valence-electron chi connectivity index (χ2n) is 8.05. The summed E-state index contributed by atoms with van der Waals surface area (Å²) in [6, 6.07) is 5.55. The van der Waals surface area contributed by atoms with Crippen LogP contribution in [0.25, 0.3) is 11.0 Å². The molecule has 1 amide bonds. The van der Waals surface area contributed by atoms with E-state index in [0.717, 1.165) is 55.6 Å². The van der Waals surface area contributed by atoms with E-state index in [1.165, 1.54) is 0 Å². The first-order chi connectivity index (χ1) is 13.6. The van der Waals surface area contributed by atoms with E-state index in [-0.39, 0.29) is 5.91 Å². The highest BCUT2D eigenvalue weighted by atomic mass is 16.2. The molecule has 0 spiro atoms. The highest BCUT2D eigenvalue weighted by Gasteiger charge is 2.25. The van der Waals surface area contributed by atoms with Crippen LogP contribution in [0.3, 0.4) is 0 Å². The molecule has 0 N–H and O–H groups in total. The lowest BCUT2D eigenvalue weighted by Crippen LogP contribution is -2.41. The lowest BCUT2D eigenvalue weighted by Gasteiger charge is -2.32. The van der Waals surface area contributed by atoms with Crippen molar-refractivity contribution in [3.63, 3.8) is 0 Å². The Balaban J connectivity index is 1.42. The van der Waals surface area contributed by atoms with E-state index in [9.17, 15) is 4.79 Å². The van der Waals surface area contributed by atoms with Gasteiger partial charge in [-0.3, -0.25) is 19.4 Å². The molecule has 146 valence electrons. The van der Waals surface area contributed by atoms with E-state index in [2.05, 4.69) is 34.1 Å². The van der Waals surface area contributed by atoms with Crippen molar-refractivity contribution in [3.8, 4) is 0 Å². The average Bonchev–Trinajstić information content (AvgIpc) is 3.13. The van der Waals surface area contributed by atoms with Crippen LogP contribution in [0.4, 0.5) is 0 Å². The lowest BCUT2D eigenvalue weighted by molar-refractivity contribution is 0.0659. The van der Waals surface area contributed by atoms with Crippen molar-refractivity contribution < 1.29 is 4.79 Å². The first-order valence-corrected chi connectivity index (χ1v) is 9.97. The molecular weight excluding hydrogens is 352 g/mol. The Hall–Kier alpha value is -2.83. The fourth-order valence-corrected chi connectivity index (χ4v) is 3.88. The highest BCUT2D eigenvalue weighted by Crippen LogP contribution is 2.21. The summed E-state index contributed by atoms with van der Waals surface area (Å²) in [5, 5.41) is 8.55. The van der Waals surface area contributed by atoms with Gasteiger partial charge in [-0.25, -0.2) is 0 Å². The molecule has 0 saturated carbocycles. The lowest BCUT2D eigenvalue weighted by atomic mass is 9.97. The van der Waals surface area contributed by atoms with Crippen molar-refractivity contribution in [1.29, 1.82) is 0 Å². The number of hydrogen-bond acceptors (Lipinski definition) is 5. The molecule has 1 aromatic carbocycles. The van der Waals surface area contributed by atoms with Gasteiger partial charge >= 0.3 is 0 Å². The number of likely N-dealkylation sites (tertiary alicyclic amines) is 1. The Bertz CT molecular complexity index is 966. The Morgan fingerprint density at radius 1 is 1.21 bits per heavy atom. The third-order valence-corrected chi connectivity index (χ3v) is 5.17. The van der Waals surface area contributed by atoms with Gasteiger partial charge in [-0.1, -0.05) is 19.1 Å². The summed E-state index contributed by atoms with van der Waals surface area (Å²) in [5.41, 5.74) is 3.27. The number of nitrogens with zero attached hydrogens (tertiary/aromatic N) is 6. The van der Waals surface area contributed by atoms with E-state index >= 15 is 0 Å². The quantitative estimate of drug-likeness (QED) is 0.682. The first-order valence-electron chi connectivity index (χ1n) is 9.97. The van der Waals surface area contributed by atoms with Crippen molar-refractivity contribution in [2.75, 3.05) is 13.1 Å². The second kappa shape index (κ2) is 8.04. The topological polar surface area (TPSA) is 76.8 Å². The summed E-state index contributed by atoms with van der Waals surface area (Å²) in [7, 11) is 0. The molecule has 1 atom stereocenters. The molecule has 0 aliphatic carbocycles. The number of fused-ring (bicyclic) bond motifs is 1. The van der Waals surface area contributed by atoms with Crippen LogP contribution in [0.2, 0.25) is 0 Å². The Morgan fingerprint density at radius 2 is 2.04 bits per heavy atom. The van der Waals surface area contributed by atoms with Gasteiger partial charge in [-0.15, -0.1) is 5.10 Å². The molecule has 0 radical (unpaired) electrons. The maximum Gasteiger partial charge on any atom is 0.253 e. The summed E-state index contributed by atoms with van der Waals surface area (Å²) in [6.45, 7) is 6.71. The van der Waals surface area contributed by atoms with Crippen LogP contribution in [-0.2, 0) is 13.0 Å². The van der Waals surface area contributed by atoms with Crippen molar-refractivity contribution in [2.45, 2.75) is 39.7 Å². The van der Waals surface area contributed by atoms with Gasteiger partial charge in [0, 0.05) is 43.8 Å². The molecule has 3 heterocycles. The number of carbonyl (C=O) groups excluding carboxylic acids is 1. The molecule has 1 saturated heterocycles. The molecule has 7 nitrogen and oxygen atoms in total. The van der Waals surface area contributed by atoms with Gasteiger partial charge in [0.2, 0.25) is 0 Å². The fourth-order valence-electron chi connectivity index (χ4n) is 3.88. The minimum atomic E-state index is 0.0661. The average molecular weight is 378 g/mol. The summed E-state index contributed by atoms with van der Waals surface area (Å²) in [6.07, 6.45) is 8.42. The Morgan fingerprint density at radius 3 is 2.86 bits per heavy atom. The second-order valence-corrected chi connectivity index (χ2v) is 8.05. The maximum atomic E-state index is 13.0. The molecule has 0 unspecified atom stereocenters. The number of rotatable bonds is 5. The monoisotopic (exact) mass is 378 g/mol. The van der Waals surface area contributed by atoms with Crippen LogP contribution in [0.5, 0.6) is 0 Å². The van der Waals surface area contributed by atoms with Crippen LogP contribution < -0.4 is 0 Å². The first kappa shape index (κ1) is 18.5. The molecule has 3 aromatic rings. The predicted molar refractivity (Wildman–Crippen MR) is 107 cm³/mol. The van der Waals surface area contributed by atoms with Crippen LogP contribution in [0.15, 0.2) is 36.8 Å². The van der Waals surface area contributed by atoms with Gasteiger partial charge in [0.05, 0.1) is 16.7 Å². The summed E-state index contributed by atoms with van der Waals surface area (Å²) in [4.78, 5) is 23.5. The van der Waals surface area contributed by atoms with Gasteiger partial charge in [-0.2, -0.15) is 0 Å². The summed E-state index contributed by atoms with van der Waals surface area (Å²) < 4.78 is 1.93. The van der Waals surface area contributed by atoms with E-state index in [4.69, 9.17) is 0 Å². The maximum absolute atomic E-state index is 13.0. The highest BCUT2D eigenvalue weighted by molar-refractivity contribution is 5.97. The van der Waals surface area contributed by atoms with Gasteiger partial charge in [0.25, 0.3) is 5.91 Å². The van der Waals surface area contributed by atoms with Crippen molar-refractivity contribution in [2.24, 2.45) is 11.8 Å². The molecule has 2 aromatic heterocycles. The number of hydrogen-bond donors (Lipinski definition) is 0. The molecule has 1 aliphatic heterocycles. The van der Waals surface area contributed by atoms with Crippen LogP contribution in [0, 0.1) is 11.8 Å². The number of aromatic nitrogens is 5. The predicted octanol–water partition coefficient (Wildman–Crippen LogP) is 2.97. The van der Waals surface area contributed by atoms with Gasteiger partial charge in [0.15, 0.2) is 0 Å². The zero-order valence-corrected chi connectivity index (χ0v) is 16.5. The van der Waals surface area contributed by atoms with E-state index in [1.54, 1.807) is 12.4 Å². The molecule has 4 rings (SSSR count). The molecular formula is C21H26N6O. The van der Waals surface area contributed by atoms with E-state index < -0.39 is 0 Å². The molecule has 7 heteroatoms. The van der Waals surface area contributed by atoms with Crippen LogP contribution >= 0.6 is 0 Å². The van der Waals surface area contributed by atoms with E-state index in [1.807, 2.05) is 34.0 Å². The number of piperidine rings is 1. The standard InChI is InChI=1S/C21H26N6O/c1-15(2)10-18-14-27(25-24-18)13-16-4-3-9-26(12-16)21(28)17-5-6-19-20(11-17)23-8-7-22-19/h5-8,11,14-16H,3-4,9-10,12-13H2,1-2H3/t16-/m0/s1. The largest absolute Gasteiger partial charge is 0.338 e. The third-order valence-electron chi connectivity index (χ3n) is 5.17.